The number of hydrogen-bond acceptors (Lipinski definition) is 4. The van der Waals surface area contributed by atoms with Gasteiger partial charge in [-0.05, 0) is 26.3 Å². The number of likely N-dealkylation sites (N-methyl/N-ethyl adjacent to an activating group) is 1. The number of nitrogens with zero attached hydrogens (tertiary/aromatic N) is 1. The molecule has 94 valence electrons. The molecule has 0 aromatic rings. The highest BCUT2D eigenvalue weighted by atomic mass is 32.2. The van der Waals surface area contributed by atoms with Gasteiger partial charge in [0, 0.05) is 18.1 Å². The lowest BCUT2D eigenvalue weighted by Gasteiger charge is -2.41. The van der Waals surface area contributed by atoms with Crippen molar-refractivity contribution in [3.05, 3.63) is 0 Å². The second-order valence-electron chi connectivity index (χ2n) is 5.30. The van der Waals surface area contributed by atoms with Crippen LogP contribution in [0.5, 0.6) is 0 Å². The topological polar surface area (TPSA) is 63.4 Å². The first-order valence-corrected chi connectivity index (χ1v) is 7.95. The summed E-state index contributed by atoms with van der Waals surface area (Å²) in [5.74, 6) is 0.675. The highest BCUT2D eigenvalue weighted by Gasteiger charge is 2.42. The van der Waals surface area contributed by atoms with Crippen LogP contribution in [0, 0.1) is 0 Å². The monoisotopic (exact) mass is 246 g/mol. The van der Waals surface area contributed by atoms with Gasteiger partial charge >= 0.3 is 0 Å². The molecule has 16 heavy (non-hydrogen) atoms. The van der Waals surface area contributed by atoms with Gasteiger partial charge in [0.15, 0.2) is 9.84 Å². The zero-order chi connectivity index (χ0) is 11.8. The number of sulfone groups is 1. The Morgan fingerprint density at radius 3 is 2.44 bits per heavy atom. The average Bonchev–Trinajstić information content (AvgIpc) is 2.84. The summed E-state index contributed by atoms with van der Waals surface area (Å²) in [4.78, 5) is 2.27. The largest absolute Gasteiger partial charge is 0.329 e. The highest BCUT2D eigenvalue weighted by Crippen LogP contribution is 2.36. The first-order valence-electron chi connectivity index (χ1n) is 6.13. The predicted octanol–water partition coefficient (Wildman–Crippen LogP) is 0.377. The Labute approximate surface area is 98.1 Å². The van der Waals surface area contributed by atoms with Gasteiger partial charge in [-0.3, -0.25) is 4.90 Å². The zero-order valence-corrected chi connectivity index (χ0v) is 10.8. The fourth-order valence-electron chi connectivity index (χ4n) is 3.20. The number of nitrogens with two attached hydrogens (primary N) is 1. The van der Waals surface area contributed by atoms with Gasteiger partial charge < -0.3 is 5.73 Å². The van der Waals surface area contributed by atoms with E-state index in [4.69, 9.17) is 5.73 Å². The summed E-state index contributed by atoms with van der Waals surface area (Å²) in [5, 5.41) is 0. The molecule has 2 rings (SSSR count). The van der Waals surface area contributed by atoms with E-state index in [2.05, 4.69) is 11.9 Å². The van der Waals surface area contributed by atoms with Gasteiger partial charge in [0.05, 0.1) is 11.5 Å². The van der Waals surface area contributed by atoms with E-state index in [0.29, 0.717) is 18.1 Å². The van der Waals surface area contributed by atoms with Crippen LogP contribution < -0.4 is 5.73 Å². The quantitative estimate of drug-likeness (QED) is 0.782. The van der Waals surface area contributed by atoms with Gasteiger partial charge in [-0.2, -0.15) is 0 Å². The molecule has 1 atom stereocenters. The van der Waals surface area contributed by atoms with Crippen LogP contribution in [-0.4, -0.2) is 50.0 Å². The molecule has 1 heterocycles. The van der Waals surface area contributed by atoms with Crippen LogP contribution in [0.15, 0.2) is 0 Å². The summed E-state index contributed by atoms with van der Waals surface area (Å²) in [6.07, 6.45) is 5.47. The molecule has 1 saturated heterocycles. The molecule has 2 aliphatic rings. The molecule has 1 aliphatic heterocycles. The predicted molar refractivity (Wildman–Crippen MR) is 65.1 cm³/mol. The molecule has 1 unspecified atom stereocenters. The van der Waals surface area contributed by atoms with Crippen LogP contribution in [0.3, 0.4) is 0 Å². The molecular formula is C11H22N2O2S. The van der Waals surface area contributed by atoms with E-state index in [9.17, 15) is 8.42 Å². The van der Waals surface area contributed by atoms with Crippen molar-refractivity contribution in [3.8, 4) is 0 Å². The average molecular weight is 246 g/mol. The molecule has 0 bridgehead atoms. The Kier molecular flexibility index (Phi) is 3.29. The van der Waals surface area contributed by atoms with Crippen molar-refractivity contribution in [2.24, 2.45) is 5.73 Å². The van der Waals surface area contributed by atoms with Crippen molar-refractivity contribution < 1.29 is 8.42 Å². The first kappa shape index (κ1) is 12.3. The van der Waals surface area contributed by atoms with Crippen molar-refractivity contribution >= 4 is 9.84 Å². The maximum atomic E-state index is 11.5. The van der Waals surface area contributed by atoms with Gasteiger partial charge in [0.2, 0.25) is 0 Å². The minimum atomic E-state index is -2.79. The number of hydrogen-bond donors (Lipinski definition) is 1. The smallest absolute Gasteiger partial charge is 0.151 e. The van der Waals surface area contributed by atoms with Crippen LogP contribution in [0.1, 0.15) is 32.1 Å². The van der Waals surface area contributed by atoms with Gasteiger partial charge in [0.25, 0.3) is 0 Å². The molecule has 0 aromatic heterocycles. The first-order chi connectivity index (χ1) is 7.49. The van der Waals surface area contributed by atoms with E-state index < -0.39 is 9.84 Å². The minimum absolute atomic E-state index is 0.0739. The van der Waals surface area contributed by atoms with Crippen LogP contribution in [-0.2, 0) is 9.84 Å². The Morgan fingerprint density at radius 1 is 1.38 bits per heavy atom. The SMILES string of the molecule is CN(C1CCS(=O)(=O)C1)C1(CN)CCCC1. The van der Waals surface area contributed by atoms with Crippen LogP contribution in [0.2, 0.25) is 0 Å². The maximum Gasteiger partial charge on any atom is 0.151 e. The van der Waals surface area contributed by atoms with Crippen LogP contribution in [0.4, 0.5) is 0 Å². The van der Waals surface area contributed by atoms with E-state index in [1.807, 2.05) is 0 Å². The van der Waals surface area contributed by atoms with E-state index in [-0.39, 0.29) is 11.6 Å². The van der Waals surface area contributed by atoms with Gasteiger partial charge in [-0.15, -0.1) is 0 Å². The van der Waals surface area contributed by atoms with E-state index in [1.54, 1.807) is 0 Å². The molecule has 0 amide bonds. The second-order valence-corrected chi connectivity index (χ2v) is 7.53. The lowest BCUT2D eigenvalue weighted by Crippen LogP contribution is -2.54. The third kappa shape index (κ3) is 2.13. The Bertz CT molecular complexity index is 347. The van der Waals surface area contributed by atoms with Crippen molar-refractivity contribution in [1.82, 2.24) is 4.90 Å². The van der Waals surface area contributed by atoms with Crippen molar-refractivity contribution in [1.29, 1.82) is 0 Å². The van der Waals surface area contributed by atoms with Crippen LogP contribution >= 0.6 is 0 Å². The summed E-state index contributed by atoms with van der Waals surface area (Å²) >= 11 is 0. The third-order valence-electron chi connectivity index (χ3n) is 4.42. The summed E-state index contributed by atoms with van der Waals surface area (Å²) < 4.78 is 23.0. The molecule has 0 aromatic carbocycles. The summed E-state index contributed by atoms with van der Waals surface area (Å²) in [7, 11) is -0.728. The standard InChI is InChI=1S/C11H22N2O2S/c1-13(10-4-7-16(14,15)8-10)11(9-12)5-2-3-6-11/h10H,2-9,12H2,1H3. The molecule has 2 fully saturated rings. The van der Waals surface area contributed by atoms with Crippen molar-refractivity contribution in [3.63, 3.8) is 0 Å². The summed E-state index contributed by atoms with van der Waals surface area (Å²) in [5.41, 5.74) is 5.99. The molecule has 1 aliphatic carbocycles. The molecule has 4 nitrogen and oxygen atoms in total. The zero-order valence-electron chi connectivity index (χ0n) is 9.98. The van der Waals surface area contributed by atoms with Crippen LogP contribution in [0.25, 0.3) is 0 Å². The van der Waals surface area contributed by atoms with Gasteiger partial charge in [0.1, 0.15) is 0 Å². The normalized spacial score (nSPS) is 32.3. The van der Waals surface area contributed by atoms with E-state index in [1.165, 1.54) is 12.8 Å². The van der Waals surface area contributed by atoms with Crippen molar-refractivity contribution in [2.75, 3.05) is 25.1 Å². The minimum Gasteiger partial charge on any atom is -0.329 e. The van der Waals surface area contributed by atoms with Gasteiger partial charge in [-0.1, -0.05) is 12.8 Å². The fraction of sp³-hybridized carbons (Fsp3) is 1.00. The molecule has 1 saturated carbocycles. The Hall–Kier alpha value is -0.130. The summed E-state index contributed by atoms with van der Waals surface area (Å²) in [6.45, 7) is 0.653. The number of rotatable bonds is 3. The molecule has 0 radical (unpaired) electrons. The fourth-order valence-corrected chi connectivity index (χ4v) is 4.98. The molecular weight excluding hydrogens is 224 g/mol. The van der Waals surface area contributed by atoms with E-state index in [0.717, 1.165) is 19.3 Å². The van der Waals surface area contributed by atoms with Gasteiger partial charge in [-0.25, -0.2) is 8.42 Å². The molecule has 0 spiro atoms. The lowest BCUT2D eigenvalue weighted by atomic mass is 9.93. The second kappa shape index (κ2) is 4.27. The van der Waals surface area contributed by atoms with E-state index >= 15 is 0 Å². The third-order valence-corrected chi connectivity index (χ3v) is 6.17. The maximum absolute atomic E-state index is 11.5. The Balaban J connectivity index is 2.09. The molecule has 2 N–H and O–H groups in total. The Morgan fingerprint density at radius 2 is 2.00 bits per heavy atom. The lowest BCUT2D eigenvalue weighted by molar-refractivity contribution is 0.0926. The highest BCUT2D eigenvalue weighted by molar-refractivity contribution is 7.91. The molecule has 5 heteroatoms. The van der Waals surface area contributed by atoms with Crippen molar-refractivity contribution in [2.45, 2.75) is 43.7 Å². The summed E-state index contributed by atoms with van der Waals surface area (Å²) in [6, 6.07) is 0.187.